The van der Waals surface area contributed by atoms with E-state index in [0.717, 1.165) is 43.0 Å². The second-order valence-electron chi connectivity index (χ2n) is 8.42. The van der Waals surface area contributed by atoms with Gasteiger partial charge in [0.25, 0.3) is 0 Å². The lowest BCUT2D eigenvalue weighted by Crippen LogP contribution is -2.45. The molecule has 2 aliphatic heterocycles. The van der Waals surface area contributed by atoms with Crippen LogP contribution >= 0.6 is 0 Å². The van der Waals surface area contributed by atoms with Crippen molar-refractivity contribution in [3.05, 3.63) is 18.0 Å². The smallest absolute Gasteiger partial charge is 0.399 e. The maximum Gasteiger partial charge on any atom is 0.496 e. The molecule has 1 aromatic rings. The molecule has 0 aromatic carbocycles. The molecule has 3 heterocycles. The number of anilines is 1. The largest absolute Gasteiger partial charge is 0.496 e. The number of rotatable bonds is 4. The van der Waals surface area contributed by atoms with E-state index in [-0.39, 0.29) is 17.3 Å². The number of aromatic nitrogens is 1. The third kappa shape index (κ3) is 3.63. The molecule has 144 valence electrons. The SMILES string of the molecule is COC(C)c1ncc(N2CCN(C)CC2)cc1B1OC(C)(C)C(C)(C)O1. The number of ether oxygens (including phenoxy) is 1. The summed E-state index contributed by atoms with van der Waals surface area (Å²) in [6.45, 7) is 14.4. The molecular weight excluding hydrogens is 329 g/mol. The Hall–Kier alpha value is -1.15. The van der Waals surface area contributed by atoms with Crippen molar-refractivity contribution in [2.75, 3.05) is 45.2 Å². The monoisotopic (exact) mass is 361 g/mol. The van der Waals surface area contributed by atoms with Crippen molar-refractivity contribution in [3.63, 3.8) is 0 Å². The minimum atomic E-state index is -0.437. The molecule has 3 rings (SSSR count). The summed E-state index contributed by atoms with van der Waals surface area (Å²) in [5.41, 5.74) is 2.21. The fraction of sp³-hybridized carbons (Fsp3) is 0.737. The minimum Gasteiger partial charge on any atom is -0.399 e. The third-order valence-electron chi connectivity index (χ3n) is 6.05. The van der Waals surface area contributed by atoms with Gasteiger partial charge in [0, 0.05) is 38.8 Å². The van der Waals surface area contributed by atoms with E-state index in [1.165, 1.54) is 0 Å². The van der Waals surface area contributed by atoms with E-state index in [1.54, 1.807) is 7.11 Å². The summed E-state index contributed by atoms with van der Waals surface area (Å²) >= 11 is 0. The number of likely N-dealkylation sites (N-methyl/N-ethyl adjacent to an activating group) is 1. The van der Waals surface area contributed by atoms with Gasteiger partial charge in [-0.05, 0) is 47.7 Å². The molecule has 1 atom stereocenters. The summed E-state index contributed by atoms with van der Waals surface area (Å²) in [5, 5.41) is 0. The van der Waals surface area contributed by atoms with Gasteiger partial charge in [-0.3, -0.25) is 4.98 Å². The van der Waals surface area contributed by atoms with Crippen LogP contribution in [-0.4, -0.2) is 68.5 Å². The first-order valence-corrected chi connectivity index (χ1v) is 9.46. The van der Waals surface area contributed by atoms with E-state index < -0.39 is 7.12 Å². The van der Waals surface area contributed by atoms with Crippen LogP contribution in [0.5, 0.6) is 0 Å². The minimum absolute atomic E-state index is 0.120. The van der Waals surface area contributed by atoms with E-state index in [4.69, 9.17) is 19.0 Å². The first-order valence-electron chi connectivity index (χ1n) is 9.46. The maximum absolute atomic E-state index is 6.30. The van der Waals surface area contributed by atoms with Gasteiger partial charge in [0.05, 0.1) is 34.9 Å². The molecule has 0 spiro atoms. The molecule has 2 fully saturated rings. The van der Waals surface area contributed by atoms with Crippen LogP contribution in [0.25, 0.3) is 0 Å². The Labute approximate surface area is 158 Å². The highest BCUT2D eigenvalue weighted by molar-refractivity contribution is 6.62. The fourth-order valence-corrected chi connectivity index (χ4v) is 3.33. The van der Waals surface area contributed by atoms with Crippen molar-refractivity contribution in [2.24, 2.45) is 0 Å². The Morgan fingerprint density at radius 3 is 2.23 bits per heavy atom. The molecule has 1 unspecified atom stereocenters. The van der Waals surface area contributed by atoms with E-state index in [1.807, 2.05) is 13.1 Å². The molecule has 6 nitrogen and oxygen atoms in total. The van der Waals surface area contributed by atoms with Crippen LogP contribution < -0.4 is 10.4 Å². The Kier molecular flexibility index (Phi) is 5.37. The van der Waals surface area contributed by atoms with Crippen LogP contribution in [0.4, 0.5) is 5.69 Å². The second kappa shape index (κ2) is 7.11. The Morgan fingerprint density at radius 1 is 1.12 bits per heavy atom. The van der Waals surface area contributed by atoms with Crippen LogP contribution in [0, 0.1) is 0 Å². The second-order valence-corrected chi connectivity index (χ2v) is 8.42. The van der Waals surface area contributed by atoms with Crippen LogP contribution in [0.15, 0.2) is 12.3 Å². The summed E-state index contributed by atoms with van der Waals surface area (Å²) in [7, 11) is 3.43. The van der Waals surface area contributed by atoms with Crippen molar-refractivity contribution in [3.8, 4) is 0 Å². The van der Waals surface area contributed by atoms with Crippen molar-refractivity contribution < 1.29 is 14.0 Å². The van der Waals surface area contributed by atoms with Gasteiger partial charge in [-0.1, -0.05) is 0 Å². The summed E-state index contributed by atoms with van der Waals surface area (Å²) in [4.78, 5) is 9.47. The number of pyridine rings is 1. The van der Waals surface area contributed by atoms with Crippen LogP contribution in [0.1, 0.15) is 46.4 Å². The quantitative estimate of drug-likeness (QED) is 0.763. The molecular formula is C19H32BN3O3. The van der Waals surface area contributed by atoms with E-state index in [2.05, 4.69) is 50.6 Å². The highest BCUT2D eigenvalue weighted by Gasteiger charge is 2.52. The lowest BCUT2D eigenvalue weighted by Gasteiger charge is -2.34. The van der Waals surface area contributed by atoms with Gasteiger partial charge in [-0.25, -0.2) is 0 Å². The molecule has 26 heavy (non-hydrogen) atoms. The van der Waals surface area contributed by atoms with Gasteiger partial charge in [0.1, 0.15) is 0 Å². The standard InChI is InChI=1S/C19H32BN3O3/c1-14(24-7)17-16(20-25-18(2,3)19(4,5)26-20)12-15(13-21-17)23-10-8-22(6)9-11-23/h12-14H,8-11H2,1-7H3. The first kappa shape index (κ1) is 19.6. The zero-order chi connectivity index (χ0) is 19.1. The van der Waals surface area contributed by atoms with Gasteiger partial charge < -0.3 is 23.8 Å². The lowest BCUT2D eigenvalue weighted by atomic mass is 9.76. The molecule has 7 heteroatoms. The Bertz CT molecular complexity index is 629. The van der Waals surface area contributed by atoms with Crippen LogP contribution in [0.3, 0.4) is 0 Å². The van der Waals surface area contributed by atoms with Crippen molar-refractivity contribution in [2.45, 2.75) is 51.9 Å². The highest BCUT2D eigenvalue weighted by atomic mass is 16.7. The average Bonchev–Trinajstić information content (AvgIpc) is 2.82. The molecule has 0 amide bonds. The topological polar surface area (TPSA) is 47.1 Å². The average molecular weight is 361 g/mol. The normalized spacial score (nSPS) is 24.1. The number of methoxy groups -OCH3 is 1. The van der Waals surface area contributed by atoms with Gasteiger partial charge >= 0.3 is 7.12 Å². The van der Waals surface area contributed by atoms with Crippen molar-refractivity contribution in [1.29, 1.82) is 0 Å². The first-order chi connectivity index (χ1) is 12.1. The molecule has 1 aromatic heterocycles. The summed E-state index contributed by atoms with van der Waals surface area (Å²) in [5.74, 6) is 0. The van der Waals surface area contributed by atoms with E-state index >= 15 is 0 Å². The van der Waals surface area contributed by atoms with Crippen LogP contribution in [-0.2, 0) is 14.0 Å². The van der Waals surface area contributed by atoms with Gasteiger partial charge in [0.2, 0.25) is 0 Å². The van der Waals surface area contributed by atoms with Gasteiger partial charge in [0.15, 0.2) is 0 Å². The number of hydrogen-bond acceptors (Lipinski definition) is 6. The molecule has 2 saturated heterocycles. The van der Waals surface area contributed by atoms with Crippen LogP contribution in [0.2, 0.25) is 0 Å². The summed E-state index contributed by atoms with van der Waals surface area (Å²) in [6.07, 6.45) is 1.83. The zero-order valence-corrected chi connectivity index (χ0v) is 17.2. The molecule has 0 N–H and O–H groups in total. The molecule has 0 saturated carbocycles. The number of piperazine rings is 1. The highest BCUT2D eigenvalue weighted by Crippen LogP contribution is 2.37. The maximum atomic E-state index is 6.30. The third-order valence-corrected chi connectivity index (χ3v) is 6.05. The summed E-state index contributed by atoms with van der Waals surface area (Å²) in [6, 6.07) is 2.17. The fourth-order valence-electron chi connectivity index (χ4n) is 3.33. The zero-order valence-electron chi connectivity index (χ0n) is 17.2. The van der Waals surface area contributed by atoms with E-state index in [9.17, 15) is 0 Å². The Balaban J connectivity index is 1.94. The molecule has 0 bridgehead atoms. The van der Waals surface area contributed by atoms with E-state index in [0.29, 0.717) is 0 Å². The predicted octanol–water partition coefficient (Wildman–Crippen LogP) is 1.84. The Morgan fingerprint density at radius 2 is 1.69 bits per heavy atom. The molecule has 2 aliphatic rings. The molecule has 0 aliphatic carbocycles. The predicted molar refractivity (Wildman–Crippen MR) is 105 cm³/mol. The number of nitrogens with zero attached hydrogens (tertiary/aromatic N) is 3. The molecule has 0 radical (unpaired) electrons. The number of hydrogen-bond donors (Lipinski definition) is 0. The van der Waals surface area contributed by atoms with Gasteiger partial charge in [-0.2, -0.15) is 0 Å². The van der Waals surface area contributed by atoms with Gasteiger partial charge in [-0.15, -0.1) is 0 Å². The van der Waals surface area contributed by atoms with Crippen molar-refractivity contribution >= 4 is 18.3 Å². The summed E-state index contributed by atoms with van der Waals surface area (Å²) < 4.78 is 18.1. The lowest BCUT2D eigenvalue weighted by molar-refractivity contribution is 0.00578. The van der Waals surface area contributed by atoms with Crippen molar-refractivity contribution in [1.82, 2.24) is 9.88 Å².